The van der Waals surface area contributed by atoms with Crippen molar-refractivity contribution >= 4 is 0 Å². The third-order valence-electron chi connectivity index (χ3n) is 2.60. The van der Waals surface area contributed by atoms with Gasteiger partial charge in [-0.1, -0.05) is 6.07 Å². The highest BCUT2D eigenvalue weighted by Gasteiger charge is 2.15. The molecule has 3 nitrogen and oxygen atoms in total. The van der Waals surface area contributed by atoms with Gasteiger partial charge in [-0.25, -0.2) is 4.39 Å². The van der Waals surface area contributed by atoms with Crippen LogP contribution >= 0.6 is 0 Å². The second kappa shape index (κ2) is 5.82. The first-order valence-electron chi connectivity index (χ1n) is 5.20. The quantitative estimate of drug-likeness (QED) is 0.839. The summed E-state index contributed by atoms with van der Waals surface area (Å²) >= 11 is 0. The Labute approximate surface area is 95.4 Å². The zero-order valence-corrected chi connectivity index (χ0v) is 9.87. The third kappa shape index (κ3) is 3.18. The summed E-state index contributed by atoms with van der Waals surface area (Å²) in [5.74, 6) is 0.156. The van der Waals surface area contributed by atoms with Crippen LogP contribution in [0, 0.1) is 5.82 Å². The lowest BCUT2D eigenvalue weighted by Crippen LogP contribution is -2.19. The van der Waals surface area contributed by atoms with Crippen molar-refractivity contribution in [2.75, 3.05) is 14.2 Å². The summed E-state index contributed by atoms with van der Waals surface area (Å²) in [6, 6.07) is 4.34. The Kier molecular flexibility index (Phi) is 4.71. The molecule has 1 rings (SSSR count). The van der Waals surface area contributed by atoms with Crippen LogP contribution in [0.2, 0.25) is 0 Å². The number of halogens is 1. The maximum absolute atomic E-state index is 13.6. The fraction of sp³-hybridized carbons (Fsp3) is 0.500. The lowest BCUT2D eigenvalue weighted by atomic mass is 10.0. The molecule has 1 aromatic rings. The predicted octanol–water partition coefficient (Wildman–Crippen LogP) is 2.26. The van der Waals surface area contributed by atoms with Crippen LogP contribution in [0.4, 0.5) is 4.39 Å². The van der Waals surface area contributed by atoms with Crippen molar-refractivity contribution in [2.45, 2.75) is 25.5 Å². The lowest BCUT2D eigenvalue weighted by Gasteiger charge is -2.17. The number of hydrogen-bond donors (Lipinski definition) is 1. The Bertz CT molecular complexity index is 344. The average molecular weight is 227 g/mol. The SMILES string of the molecule is COc1ccc(C(N)CC(C)OC)c(F)c1. The van der Waals surface area contributed by atoms with Crippen LogP contribution in [0.25, 0.3) is 0 Å². The van der Waals surface area contributed by atoms with E-state index in [1.807, 2.05) is 6.92 Å². The monoisotopic (exact) mass is 227 g/mol. The van der Waals surface area contributed by atoms with E-state index in [0.29, 0.717) is 17.7 Å². The molecule has 0 aromatic heterocycles. The molecular weight excluding hydrogens is 209 g/mol. The summed E-state index contributed by atoms with van der Waals surface area (Å²) < 4.78 is 23.7. The Balaban J connectivity index is 2.79. The third-order valence-corrected chi connectivity index (χ3v) is 2.60. The lowest BCUT2D eigenvalue weighted by molar-refractivity contribution is 0.104. The molecule has 2 atom stereocenters. The fourth-order valence-electron chi connectivity index (χ4n) is 1.52. The van der Waals surface area contributed by atoms with Crippen LogP contribution < -0.4 is 10.5 Å². The Morgan fingerprint density at radius 2 is 2.06 bits per heavy atom. The Hall–Kier alpha value is -1.13. The molecule has 0 saturated heterocycles. The zero-order chi connectivity index (χ0) is 12.1. The molecule has 0 radical (unpaired) electrons. The van der Waals surface area contributed by atoms with Gasteiger partial charge in [0, 0.05) is 24.8 Å². The summed E-state index contributed by atoms with van der Waals surface area (Å²) in [5, 5.41) is 0. The molecule has 0 spiro atoms. The highest BCUT2D eigenvalue weighted by Crippen LogP contribution is 2.23. The van der Waals surface area contributed by atoms with E-state index < -0.39 is 0 Å². The molecule has 0 saturated carbocycles. The van der Waals surface area contributed by atoms with Crippen molar-refractivity contribution in [3.05, 3.63) is 29.6 Å². The second-order valence-electron chi connectivity index (χ2n) is 3.78. The topological polar surface area (TPSA) is 44.5 Å². The Morgan fingerprint density at radius 3 is 2.56 bits per heavy atom. The summed E-state index contributed by atoms with van der Waals surface area (Å²) in [7, 11) is 3.11. The number of ether oxygens (including phenoxy) is 2. The van der Waals surface area contributed by atoms with E-state index in [4.69, 9.17) is 15.2 Å². The number of methoxy groups -OCH3 is 2. The maximum Gasteiger partial charge on any atom is 0.131 e. The van der Waals surface area contributed by atoms with Gasteiger partial charge in [0.05, 0.1) is 13.2 Å². The molecule has 0 aliphatic heterocycles. The van der Waals surface area contributed by atoms with Gasteiger partial charge in [0.2, 0.25) is 0 Å². The van der Waals surface area contributed by atoms with E-state index >= 15 is 0 Å². The Morgan fingerprint density at radius 1 is 1.38 bits per heavy atom. The van der Waals surface area contributed by atoms with E-state index in [1.54, 1.807) is 19.2 Å². The fourth-order valence-corrected chi connectivity index (χ4v) is 1.52. The average Bonchev–Trinajstić information content (AvgIpc) is 2.28. The minimum atomic E-state index is -0.360. The normalized spacial score (nSPS) is 14.6. The minimum absolute atomic E-state index is 0.0106. The molecule has 0 heterocycles. The molecule has 2 unspecified atom stereocenters. The maximum atomic E-state index is 13.6. The number of hydrogen-bond acceptors (Lipinski definition) is 3. The van der Waals surface area contributed by atoms with Gasteiger partial charge in [0.15, 0.2) is 0 Å². The first-order valence-corrected chi connectivity index (χ1v) is 5.20. The van der Waals surface area contributed by atoms with Gasteiger partial charge in [-0.05, 0) is 19.4 Å². The van der Waals surface area contributed by atoms with Gasteiger partial charge < -0.3 is 15.2 Å². The van der Waals surface area contributed by atoms with E-state index in [1.165, 1.54) is 13.2 Å². The van der Waals surface area contributed by atoms with Gasteiger partial charge in [0.25, 0.3) is 0 Å². The van der Waals surface area contributed by atoms with Crippen molar-refractivity contribution in [1.82, 2.24) is 0 Å². The van der Waals surface area contributed by atoms with Crippen LogP contribution in [-0.2, 0) is 4.74 Å². The molecule has 90 valence electrons. The van der Waals surface area contributed by atoms with Gasteiger partial charge in [-0.15, -0.1) is 0 Å². The molecule has 0 fully saturated rings. The van der Waals surface area contributed by atoms with Crippen molar-refractivity contribution < 1.29 is 13.9 Å². The van der Waals surface area contributed by atoms with E-state index in [0.717, 1.165) is 0 Å². The highest BCUT2D eigenvalue weighted by molar-refractivity contribution is 5.30. The van der Waals surface area contributed by atoms with Crippen LogP contribution in [0.5, 0.6) is 5.75 Å². The summed E-state index contributed by atoms with van der Waals surface area (Å²) in [4.78, 5) is 0. The molecule has 0 aliphatic rings. The van der Waals surface area contributed by atoms with Crippen LogP contribution in [0.3, 0.4) is 0 Å². The molecule has 1 aromatic carbocycles. The predicted molar refractivity (Wildman–Crippen MR) is 61.0 cm³/mol. The largest absolute Gasteiger partial charge is 0.497 e. The van der Waals surface area contributed by atoms with Crippen molar-refractivity contribution in [2.24, 2.45) is 5.73 Å². The molecular formula is C12H18FNO2. The van der Waals surface area contributed by atoms with Crippen molar-refractivity contribution in [3.8, 4) is 5.75 Å². The van der Waals surface area contributed by atoms with Gasteiger partial charge in [-0.3, -0.25) is 0 Å². The second-order valence-corrected chi connectivity index (χ2v) is 3.78. The summed E-state index contributed by atoms with van der Waals surface area (Å²) in [6.07, 6.45) is 0.594. The van der Waals surface area contributed by atoms with E-state index in [9.17, 15) is 4.39 Å². The molecule has 16 heavy (non-hydrogen) atoms. The van der Waals surface area contributed by atoms with Crippen molar-refractivity contribution in [1.29, 1.82) is 0 Å². The zero-order valence-electron chi connectivity index (χ0n) is 9.87. The van der Waals surface area contributed by atoms with E-state index in [-0.39, 0.29) is 18.0 Å². The van der Waals surface area contributed by atoms with Crippen LogP contribution in [-0.4, -0.2) is 20.3 Å². The smallest absolute Gasteiger partial charge is 0.131 e. The number of nitrogens with two attached hydrogens (primary N) is 1. The molecule has 2 N–H and O–H groups in total. The van der Waals surface area contributed by atoms with Gasteiger partial charge >= 0.3 is 0 Å². The van der Waals surface area contributed by atoms with Gasteiger partial charge in [0.1, 0.15) is 11.6 Å². The standard InChI is InChI=1S/C12H18FNO2/c1-8(15-2)6-12(14)10-5-4-9(16-3)7-11(10)13/h4-5,7-8,12H,6,14H2,1-3H3. The van der Waals surface area contributed by atoms with Crippen LogP contribution in [0.1, 0.15) is 24.9 Å². The van der Waals surface area contributed by atoms with Gasteiger partial charge in [-0.2, -0.15) is 0 Å². The molecule has 0 aliphatic carbocycles. The first-order chi connectivity index (χ1) is 7.58. The summed E-state index contributed by atoms with van der Waals surface area (Å²) in [6.45, 7) is 1.90. The molecule has 0 bridgehead atoms. The van der Waals surface area contributed by atoms with Crippen LogP contribution in [0.15, 0.2) is 18.2 Å². The molecule has 4 heteroatoms. The summed E-state index contributed by atoms with van der Waals surface area (Å²) in [5.41, 5.74) is 6.39. The van der Waals surface area contributed by atoms with E-state index in [2.05, 4.69) is 0 Å². The molecule has 0 amide bonds. The van der Waals surface area contributed by atoms with Crippen molar-refractivity contribution in [3.63, 3.8) is 0 Å². The first kappa shape index (κ1) is 12.9. The number of rotatable bonds is 5. The number of benzene rings is 1. The minimum Gasteiger partial charge on any atom is -0.497 e. The highest BCUT2D eigenvalue weighted by atomic mass is 19.1.